The highest BCUT2D eigenvalue weighted by molar-refractivity contribution is 5.79. The van der Waals surface area contributed by atoms with Crippen LogP contribution in [0.3, 0.4) is 0 Å². The van der Waals surface area contributed by atoms with Crippen molar-refractivity contribution in [3.05, 3.63) is 0 Å². The second kappa shape index (κ2) is 5.17. The van der Waals surface area contributed by atoms with Crippen molar-refractivity contribution in [1.29, 1.82) is 0 Å². The summed E-state index contributed by atoms with van der Waals surface area (Å²) in [6.45, 7) is 6.38. The first-order valence-electron chi connectivity index (χ1n) is 6.68. The number of carbonyl (C=O) groups is 1. The van der Waals surface area contributed by atoms with Crippen LogP contribution in [0.4, 0.5) is 0 Å². The van der Waals surface area contributed by atoms with Gasteiger partial charge in [-0.2, -0.15) is 0 Å². The lowest BCUT2D eigenvalue weighted by Gasteiger charge is -2.28. The van der Waals surface area contributed by atoms with Crippen LogP contribution in [0.15, 0.2) is 0 Å². The summed E-state index contributed by atoms with van der Waals surface area (Å²) in [6.07, 6.45) is 4.75. The Hall–Kier alpha value is -0.570. The molecule has 1 aliphatic carbocycles. The Morgan fingerprint density at radius 2 is 2.06 bits per heavy atom. The second-order valence-electron chi connectivity index (χ2n) is 5.72. The molecule has 2 rings (SSSR count). The second-order valence-corrected chi connectivity index (χ2v) is 5.72. The van der Waals surface area contributed by atoms with Gasteiger partial charge in [0.1, 0.15) is 0 Å². The molecule has 1 aliphatic heterocycles. The van der Waals surface area contributed by atoms with Crippen LogP contribution in [0, 0.1) is 17.8 Å². The van der Waals surface area contributed by atoms with Gasteiger partial charge in [-0.3, -0.25) is 4.79 Å². The van der Waals surface area contributed by atoms with Crippen molar-refractivity contribution in [2.75, 3.05) is 13.1 Å². The summed E-state index contributed by atoms with van der Waals surface area (Å²) in [6, 6.07) is 0.435. The lowest BCUT2D eigenvalue weighted by Crippen LogP contribution is -2.46. The Morgan fingerprint density at radius 3 is 2.69 bits per heavy atom. The van der Waals surface area contributed by atoms with Crippen molar-refractivity contribution in [2.45, 2.75) is 45.6 Å². The highest BCUT2D eigenvalue weighted by Crippen LogP contribution is 2.25. The molecule has 2 aliphatic rings. The van der Waals surface area contributed by atoms with Crippen LogP contribution in [-0.2, 0) is 4.79 Å². The van der Waals surface area contributed by atoms with Crippen LogP contribution in [0.25, 0.3) is 0 Å². The van der Waals surface area contributed by atoms with Gasteiger partial charge in [-0.05, 0) is 37.6 Å². The van der Waals surface area contributed by atoms with Crippen LogP contribution in [-0.4, -0.2) is 25.0 Å². The summed E-state index contributed by atoms with van der Waals surface area (Å²) in [5, 5.41) is 6.58. The molecule has 0 aromatic carbocycles. The summed E-state index contributed by atoms with van der Waals surface area (Å²) in [5.74, 6) is 1.76. The zero-order valence-corrected chi connectivity index (χ0v) is 10.5. The zero-order valence-electron chi connectivity index (χ0n) is 10.5. The first-order chi connectivity index (χ1) is 7.66. The Kier molecular flexibility index (Phi) is 3.85. The van der Waals surface area contributed by atoms with E-state index >= 15 is 0 Å². The molecule has 1 saturated carbocycles. The van der Waals surface area contributed by atoms with E-state index in [0.29, 0.717) is 17.9 Å². The monoisotopic (exact) mass is 224 g/mol. The molecular formula is C13H24N2O. The maximum absolute atomic E-state index is 12.1. The largest absolute Gasteiger partial charge is 0.353 e. The van der Waals surface area contributed by atoms with E-state index in [1.807, 2.05) is 0 Å². The molecule has 1 heterocycles. The quantitative estimate of drug-likeness (QED) is 0.747. The molecule has 16 heavy (non-hydrogen) atoms. The minimum atomic E-state index is 0.191. The van der Waals surface area contributed by atoms with Crippen LogP contribution in [0.5, 0.6) is 0 Å². The molecule has 0 bridgehead atoms. The Bertz CT molecular complexity index is 254. The smallest absolute Gasteiger partial charge is 0.224 e. The summed E-state index contributed by atoms with van der Waals surface area (Å²) < 4.78 is 0. The van der Waals surface area contributed by atoms with Gasteiger partial charge in [-0.25, -0.2) is 0 Å². The molecule has 3 heteroatoms. The molecule has 0 aromatic heterocycles. The van der Waals surface area contributed by atoms with Crippen molar-refractivity contribution in [3.8, 4) is 0 Å². The SMILES string of the molecule is CC1CNCC(C(=O)NC2CCCC2C)C1. The van der Waals surface area contributed by atoms with Crippen LogP contribution >= 0.6 is 0 Å². The molecule has 92 valence electrons. The molecule has 0 spiro atoms. The Morgan fingerprint density at radius 1 is 1.25 bits per heavy atom. The van der Waals surface area contributed by atoms with Crippen LogP contribution < -0.4 is 10.6 Å². The van der Waals surface area contributed by atoms with Gasteiger partial charge < -0.3 is 10.6 Å². The zero-order chi connectivity index (χ0) is 11.5. The standard InChI is InChI=1S/C13H24N2O/c1-9-6-11(8-14-7-9)13(16)15-12-5-3-4-10(12)2/h9-12,14H,3-8H2,1-2H3,(H,15,16). The van der Waals surface area contributed by atoms with Crippen LogP contribution in [0.2, 0.25) is 0 Å². The molecular weight excluding hydrogens is 200 g/mol. The van der Waals surface area contributed by atoms with E-state index in [1.165, 1.54) is 19.3 Å². The predicted molar refractivity (Wildman–Crippen MR) is 65.1 cm³/mol. The van der Waals surface area contributed by atoms with Crippen molar-refractivity contribution < 1.29 is 4.79 Å². The van der Waals surface area contributed by atoms with E-state index in [9.17, 15) is 4.79 Å². The third-order valence-corrected chi connectivity index (χ3v) is 4.13. The Balaban J connectivity index is 1.82. The van der Waals surface area contributed by atoms with Gasteiger partial charge in [0.2, 0.25) is 5.91 Å². The molecule has 2 N–H and O–H groups in total. The number of carbonyl (C=O) groups excluding carboxylic acids is 1. The van der Waals surface area contributed by atoms with Crippen molar-refractivity contribution in [3.63, 3.8) is 0 Å². The fourth-order valence-electron chi connectivity index (χ4n) is 3.02. The fourth-order valence-corrected chi connectivity index (χ4v) is 3.02. The highest BCUT2D eigenvalue weighted by Gasteiger charge is 2.29. The fraction of sp³-hybridized carbons (Fsp3) is 0.923. The van der Waals surface area contributed by atoms with E-state index in [2.05, 4.69) is 24.5 Å². The topological polar surface area (TPSA) is 41.1 Å². The number of hydrogen-bond donors (Lipinski definition) is 2. The van der Waals surface area contributed by atoms with Crippen molar-refractivity contribution in [1.82, 2.24) is 10.6 Å². The van der Waals surface area contributed by atoms with Gasteiger partial charge in [-0.1, -0.05) is 20.3 Å². The number of nitrogens with one attached hydrogen (secondary N) is 2. The first kappa shape index (κ1) is 11.9. The average Bonchev–Trinajstić information content (AvgIpc) is 2.64. The average molecular weight is 224 g/mol. The number of rotatable bonds is 2. The Labute approximate surface area is 98.4 Å². The normalized spacial score (nSPS) is 39.6. The third kappa shape index (κ3) is 2.76. The van der Waals surface area contributed by atoms with Gasteiger partial charge >= 0.3 is 0 Å². The van der Waals surface area contributed by atoms with Crippen molar-refractivity contribution in [2.24, 2.45) is 17.8 Å². The van der Waals surface area contributed by atoms with Gasteiger partial charge in [0.05, 0.1) is 5.92 Å². The molecule has 1 saturated heterocycles. The summed E-state index contributed by atoms with van der Waals surface area (Å²) in [5.41, 5.74) is 0. The van der Waals surface area contributed by atoms with E-state index < -0.39 is 0 Å². The number of amides is 1. The van der Waals surface area contributed by atoms with Crippen molar-refractivity contribution >= 4 is 5.91 Å². The van der Waals surface area contributed by atoms with E-state index in [0.717, 1.165) is 19.5 Å². The highest BCUT2D eigenvalue weighted by atomic mass is 16.2. The molecule has 1 amide bonds. The summed E-state index contributed by atoms with van der Waals surface area (Å²) >= 11 is 0. The molecule has 4 atom stereocenters. The molecule has 2 fully saturated rings. The molecule has 4 unspecified atom stereocenters. The summed E-state index contributed by atoms with van der Waals surface area (Å²) in [4.78, 5) is 12.1. The summed E-state index contributed by atoms with van der Waals surface area (Å²) in [7, 11) is 0. The van der Waals surface area contributed by atoms with E-state index in [1.54, 1.807) is 0 Å². The maximum atomic E-state index is 12.1. The number of hydrogen-bond acceptors (Lipinski definition) is 2. The molecule has 0 aromatic rings. The van der Waals surface area contributed by atoms with Gasteiger partial charge in [-0.15, -0.1) is 0 Å². The first-order valence-corrected chi connectivity index (χ1v) is 6.68. The van der Waals surface area contributed by atoms with Gasteiger partial charge in [0, 0.05) is 12.6 Å². The molecule has 3 nitrogen and oxygen atoms in total. The minimum Gasteiger partial charge on any atom is -0.353 e. The minimum absolute atomic E-state index is 0.191. The maximum Gasteiger partial charge on any atom is 0.224 e. The van der Waals surface area contributed by atoms with Gasteiger partial charge in [0.25, 0.3) is 0 Å². The van der Waals surface area contributed by atoms with Crippen LogP contribution in [0.1, 0.15) is 39.5 Å². The third-order valence-electron chi connectivity index (χ3n) is 4.13. The number of piperidine rings is 1. The van der Waals surface area contributed by atoms with E-state index in [4.69, 9.17) is 0 Å². The lowest BCUT2D eigenvalue weighted by molar-refractivity contribution is -0.126. The predicted octanol–water partition coefficient (Wildman–Crippen LogP) is 1.54. The molecule has 0 radical (unpaired) electrons. The van der Waals surface area contributed by atoms with E-state index in [-0.39, 0.29) is 11.8 Å². The lowest BCUT2D eigenvalue weighted by atomic mass is 9.91. The van der Waals surface area contributed by atoms with Gasteiger partial charge in [0.15, 0.2) is 0 Å².